The topological polar surface area (TPSA) is 73.8 Å². The molecule has 0 aliphatic heterocycles. The number of halogens is 1. The second kappa shape index (κ2) is 8.87. The van der Waals surface area contributed by atoms with Crippen LogP contribution in [0.1, 0.15) is 32.1 Å². The van der Waals surface area contributed by atoms with Gasteiger partial charge in [0.1, 0.15) is 10.5 Å². The minimum absolute atomic E-state index is 0.00105. The van der Waals surface area contributed by atoms with Gasteiger partial charge in [-0.1, -0.05) is 36.7 Å². The molecule has 6 nitrogen and oxygen atoms in total. The Labute approximate surface area is 174 Å². The summed E-state index contributed by atoms with van der Waals surface area (Å²) in [6.07, 6.45) is 3.07. The van der Waals surface area contributed by atoms with E-state index in [0.29, 0.717) is 44.9 Å². The van der Waals surface area contributed by atoms with Crippen LogP contribution in [0.2, 0.25) is 0 Å². The molecule has 0 aliphatic carbocycles. The van der Waals surface area contributed by atoms with E-state index < -0.39 is 0 Å². The Hall–Kier alpha value is -2.52. The number of nitrogens with zero attached hydrogens (tertiary/aromatic N) is 4. The standard InChI is InChI=1S/C20H19FN4O2S2/c1-2-3-4-10-25-19(26)17-15(9-11-28-17)22-20(25)29-12-16-23-18(24-27-16)13-5-7-14(21)8-6-13/h5-9,11H,2-4,10,12H2,1H3. The quantitative estimate of drug-likeness (QED) is 0.219. The lowest BCUT2D eigenvalue weighted by molar-refractivity contribution is 0.391. The Morgan fingerprint density at radius 2 is 2.00 bits per heavy atom. The van der Waals surface area contributed by atoms with E-state index >= 15 is 0 Å². The molecule has 4 aromatic rings. The Balaban J connectivity index is 1.55. The number of fused-ring (bicyclic) bond motifs is 1. The predicted molar refractivity (Wildman–Crippen MR) is 113 cm³/mol. The van der Waals surface area contributed by atoms with Crippen molar-refractivity contribution >= 4 is 33.3 Å². The van der Waals surface area contributed by atoms with Gasteiger partial charge in [-0.25, -0.2) is 9.37 Å². The van der Waals surface area contributed by atoms with Crippen LogP contribution in [-0.4, -0.2) is 19.7 Å². The van der Waals surface area contributed by atoms with Crippen molar-refractivity contribution in [3.8, 4) is 11.4 Å². The van der Waals surface area contributed by atoms with Crippen molar-refractivity contribution in [2.24, 2.45) is 0 Å². The van der Waals surface area contributed by atoms with Crippen molar-refractivity contribution < 1.29 is 8.91 Å². The SMILES string of the molecule is CCCCCn1c(SCc2nc(-c3ccc(F)cc3)no2)nc2ccsc2c1=O. The zero-order chi connectivity index (χ0) is 20.2. The van der Waals surface area contributed by atoms with E-state index in [9.17, 15) is 9.18 Å². The summed E-state index contributed by atoms with van der Waals surface area (Å²) in [4.78, 5) is 21.9. The fraction of sp³-hybridized carbons (Fsp3) is 0.300. The second-order valence-corrected chi connectivity index (χ2v) is 8.36. The molecule has 3 heterocycles. The van der Waals surface area contributed by atoms with E-state index in [2.05, 4.69) is 22.0 Å². The van der Waals surface area contributed by atoms with Gasteiger partial charge in [-0.3, -0.25) is 9.36 Å². The first-order chi connectivity index (χ1) is 14.2. The number of aromatic nitrogens is 4. The summed E-state index contributed by atoms with van der Waals surface area (Å²) < 4.78 is 20.8. The van der Waals surface area contributed by atoms with Crippen molar-refractivity contribution in [2.45, 2.75) is 43.6 Å². The smallest absolute Gasteiger partial charge is 0.272 e. The Bertz CT molecular complexity index is 1170. The zero-order valence-electron chi connectivity index (χ0n) is 15.8. The normalized spacial score (nSPS) is 11.4. The van der Waals surface area contributed by atoms with E-state index in [1.807, 2.05) is 11.4 Å². The van der Waals surface area contributed by atoms with Gasteiger partial charge in [-0.15, -0.1) is 11.3 Å². The van der Waals surface area contributed by atoms with Crippen molar-refractivity contribution in [3.05, 3.63) is 57.8 Å². The Morgan fingerprint density at radius 3 is 2.79 bits per heavy atom. The van der Waals surface area contributed by atoms with Crippen molar-refractivity contribution in [1.82, 2.24) is 19.7 Å². The van der Waals surface area contributed by atoms with Gasteiger partial charge in [-0.2, -0.15) is 4.98 Å². The number of thioether (sulfide) groups is 1. The molecule has 4 rings (SSSR count). The van der Waals surface area contributed by atoms with Crippen LogP contribution in [0.15, 0.2) is 50.2 Å². The zero-order valence-corrected chi connectivity index (χ0v) is 17.4. The minimum atomic E-state index is -0.316. The second-order valence-electron chi connectivity index (χ2n) is 6.50. The van der Waals surface area contributed by atoms with Gasteiger partial charge >= 0.3 is 0 Å². The highest BCUT2D eigenvalue weighted by Gasteiger charge is 2.15. The molecule has 29 heavy (non-hydrogen) atoms. The molecule has 150 valence electrons. The first-order valence-electron chi connectivity index (χ1n) is 9.35. The van der Waals surface area contributed by atoms with Crippen molar-refractivity contribution in [3.63, 3.8) is 0 Å². The van der Waals surface area contributed by atoms with Gasteiger partial charge in [0.25, 0.3) is 5.56 Å². The summed E-state index contributed by atoms with van der Waals surface area (Å²) in [6.45, 7) is 2.77. The first kappa shape index (κ1) is 19.8. The summed E-state index contributed by atoms with van der Waals surface area (Å²) >= 11 is 2.82. The molecule has 0 aliphatic rings. The van der Waals surface area contributed by atoms with Gasteiger partial charge in [0.2, 0.25) is 11.7 Å². The van der Waals surface area contributed by atoms with Crippen LogP contribution in [0, 0.1) is 5.82 Å². The monoisotopic (exact) mass is 430 g/mol. The maximum absolute atomic E-state index is 13.1. The summed E-state index contributed by atoms with van der Waals surface area (Å²) in [5.74, 6) is 0.907. The van der Waals surface area contributed by atoms with Gasteiger partial charge in [0.05, 0.1) is 11.3 Å². The molecule has 1 aromatic carbocycles. The average molecular weight is 431 g/mol. The molecule has 0 fully saturated rings. The van der Waals surface area contributed by atoms with E-state index in [0.717, 1.165) is 19.3 Å². The first-order valence-corrected chi connectivity index (χ1v) is 11.2. The van der Waals surface area contributed by atoms with Crippen LogP contribution in [0.4, 0.5) is 4.39 Å². The molecule has 0 saturated heterocycles. The molecule has 9 heteroatoms. The molecule has 0 unspecified atom stereocenters. The van der Waals surface area contributed by atoms with E-state index in [-0.39, 0.29) is 11.4 Å². The summed E-state index contributed by atoms with van der Waals surface area (Å²) in [7, 11) is 0. The predicted octanol–water partition coefficient (Wildman–Crippen LogP) is 5.13. The fourth-order valence-electron chi connectivity index (χ4n) is 2.91. The van der Waals surface area contributed by atoms with Crippen LogP contribution in [0.3, 0.4) is 0 Å². The third-order valence-electron chi connectivity index (χ3n) is 4.41. The van der Waals surface area contributed by atoms with Crippen molar-refractivity contribution in [1.29, 1.82) is 0 Å². The molecule has 0 atom stereocenters. The van der Waals surface area contributed by atoms with Gasteiger partial charge in [0.15, 0.2) is 5.16 Å². The molecular formula is C20H19FN4O2S2. The van der Waals surface area contributed by atoms with Crippen LogP contribution in [0.25, 0.3) is 21.6 Å². The summed E-state index contributed by atoms with van der Waals surface area (Å²) in [5, 5.41) is 6.50. The van der Waals surface area contributed by atoms with E-state index in [4.69, 9.17) is 4.52 Å². The van der Waals surface area contributed by atoms with Crippen LogP contribution in [-0.2, 0) is 12.3 Å². The highest BCUT2D eigenvalue weighted by Crippen LogP contribution is 2.25. The number of thiophene rings is 1. The van der Waals surface area contributed by atoms with E-state index in [1.165, 1.54) is 35.2 Å². The maximum Gasteiger partial charge on any atom is 0.272 e. The van der Waals surface area contributed by atoms with E-state index in [1.54, 1.807) is 16.7 Å². The number of benzene rings is 1. The summed E-state index contributed by atoms with van der Waals surface area (Å²) in [5.41, 5.74) is 1.40. The van der Waals surface area contributed by atoms with Crippen molar-refractivity contribution in [2.75, 3.05) is 0 Å². The third kappa shape index (κ3) is 4.40. The lowest BCUT2D eigenvalue weighted by atomic mass is 10.2. The minimum Gasteiger partial charge on any atom is -0.338 e. The van der Waals surface area contributed by atoms with Crippen LogP contribution >= 0.6 is 23.1 Å². The highest BCUT2D eigenvalue weighted by molar-refractivity contribution is 7.98. The molecular weight excluding hydrogens is 411 g/mol. The number of hydrogen-bond donors (Lipinski definition) is 0. The maximum atomic E-state index is 13.1. The third-order valence-corrected chi connectivity index (χ3v) is 6.26. The molecule has 0 bridgehead atoms. The van der Waals surface area contributed by atoms with Gasteiger partial charge < -0.3 is 4.52 Å². The fourth-order valence-corrected chi connectivity index (χ4v) is 4.55. The van der Waals surface area contributed by atoms with Gasteiger partial charge in [-0.05, 0) is 42.1 Å². The molecule has 0 saturated carbocycles. The lowest BCUT2D eigenvalue weighted by Gasteiger charge is -2.10. The lowest BCUT2D eigenvalue weighted by Crippen LogP contribution is -2.22. The van der Waals surface area contributed by atoms with Crippen LogP contribution < -0.4 is 5.56 Å². The average Bonchev–Trinajstić information content (AvgIpc) is 3.38. The molecule has 3 aromatic heterocycles. The Kier molecular flexibility index (Phi) is 6.05. The molecule has 0 radical (unpaired) electrons. The number of unbranched alkanes of at least 4 members (excludes halogenated alkanes) is 2. The number of rotatable bonds is 8. The number of hydrogen-bond acceptors (Lipinski definition) is 7. The Morgan fingerprint density at radius 1 is 1.17 bits per heavy atom. The molecule has 0 N–H and O–H groups in total. The summed E-state index contributed by atoms with van der Waals surface area (Å²) in [6, 6.07) is 7.79. The molecule has 0 spiro atoms. The largest absolute Gasteiger partial charge is 0.338 e. The highest BCUT2D eigenvalue weighted by atomic mass is 32.2. The van der Waals surface area contributed by atoms with Crippen LogP contribution in [0.5, 0.6) is 0 Å². The molecule has 0 amide bonds. The van der Waals surface area contributed by atoms with Gasteiger partial charge in [0, 0.05) is 12.1 Å².